The first kappa shape index (κ1) is 13.9. The largest absolute Gasteiger partial charge is 0.416 e. The van der Waals surface area contributed by atoms with Crippen LogP contribution in [0.4, 0.5) is 17.6 Å². The molecule has 1 aromatic carbocycles. The lowest BCUT2D eigenvalue weighted by atomic mass is 9.95. The van der Waals surface area contributed by atoms with E-state index in [1.807, 2.05) is 0 Å². The second-order valence-electron chi connectivity index (χ2n) is 5.96. The highest BCUT2D eigenvalue weighted by Crippen LogP contribution is 2.44. The van der Waals surface area contributed by atoms with E-state index >= 15 is 0 Å². The molecule has 2 fully saturated rings. The fourth-order valence-corrected chi connectivity index (χ4v) is 3.70. The molecule has 3 unspecified atom stereocenters. The highest BCUT2D eigenvalue weighted by Gasteiger charge is 2.39. The molecule has 3 rings (SSSR count). The molecule has 1 N–H and O–H groups in total. The van der Waals surface area contributed by atoms with Gasteiger partial charge in [-0.05, 0) is 48.8 Å². The van der Waals surface area contributed by atoms with E-state index in [1.54, 1.807) is 0 Å². The van der Waals surface area contributed by atoms with Crippen LogP contribution in [0.25, 0.3) is 0 Å². The summed E-state index contributed by atoms with van der Waals surface area (Å²) in [5.74, 6) is 0.503. The maximum absolute atomic E-state index is 13.0. The van der Waals surface area contributed by atoms with Crippen molar-refractivity contribution in [1.82, 2.24) is 5.32 Å². The third kappa shape index (κ3) is 2.68. The molecule has 0 aromatic heterocycles. The summed E-state index contributed by atoms with van der Waals surface area (Å²) < 4.78 is 51.7. The Labute approximate surface area is 115 Å². The van der Waals surface area contributed by atoms with E-state index in [4.69, 9.17) is 0 Å². The monoisotopic (exact) mass is 287 g/mol. The smallest absolute Gasteiger partial charge is 0.310 e. The minimum absolute atomic E-state index is 0.127. The average molecular weight is 287 g/mol. The number of hydrogen-bond donors (Lipinski definition) is 1. The van der Waals surface area contributed by atoms with E-state index < -0.39 is 17.6 Å². The minimum Gasteiger partial charge on any atom is -0.310 e. The van der Waals surface area contributed by atoms with E-state index in [2.05, 4.69) is 5.32 Å². The van der Waals surface area contributed by atoms with Crippen molar-refractivity contribution in [3.63, 3.8) is 0 Å². The number of nitrogens with one attached hydrogen (secondary N) is 1. The molecule has 1 aromatic rings. The molecule has 2 bridgehead atoms. The van der Waals surface area contributed by atoms with Gasteiger partial charge in [0.25, 0.3) is 0 Å². The predicted molar refractivity (Wildman–Crippen MR) is 67.5 cm³/mol. The maximum Gasteiger partial charge on any atom is 0.416 e. The van der Waals surface area contributed by atoms with Crippen molar-refractivity contribution >= 4 is 0 Å². The number of benzene rings is 1. The molecule has 110 valence electrons. The van der Waals surface area contributed by atoms with Crippen LogP contribution in [0.5, 0.6) is 0 Å². The van der Waals surface area contributed by atoms with Gasteiger partial charge in [0.1, 0.15) is 5.82 Å². The molecule has 0 saturated heterocycles. The van der Waals surface area contributed by atoms with Crippen molar-refractivity contribution in [3.8, 4) is 0 Å². The predicted octanol–water partition coefficient (Wildman–Crippen LogP) is 4.12. The van der Waals surface area contributed by atoms with Crippen LogP contribution in [0.3, 0.4) is 0 Å². The van der Waals surface area contributed by atoms with Gasteiger partial charge in [0.05, 0.1) is 5.56 Å². The van der Waals surface area contributed by atoms with Crippen LogP contribution in [-0.4, -0.2) is 6.04 Å². The van der Waals surface area contributed by atoms with Crippen LogP contribution >= 0.6 is 0 Å². The Morgan fingerprint density at radius 1 is 1.15 bits per heavy atom. The molecule has 0 amide bonds. The summed E-state index contributed by atoms with van der Waals surface area (Å²) in [5.41, 5.74) is -0.741. The van der Waals surface area contributed by atoms with Crippen LogP contribution in [0.2, 0.25) is 0 Å². The van der Waals surface area contributed by atoms with Crippen LogP contribution in [0.1, 0.15) is 36.8 Å². The molecule has 0 radical (unpaired) electrons. The topological polar surface area (TPSA) is 12.0 Å². The van der Waals surface area contributed by atoms with Crippen LogP contribution in [0, 0.1) is 17.7 Å². The first-order valence-corrected chi connectivity index (χ1v) is 7.02. The van der Waals surface area contributed by atoms with Gasteiger partial charge in [0.2, 0.25) is 0 Å². The summed E-state index contributed by atoms with van der Waals surface area (Å²) in [6.45, 7) is 0.156. The van der Waals surface area contributed by atoms with Gasteiger partial charge in [0, 0.05) is 12.6 Å². The SMILES string of the molecule is Fc1ccc(CNC2CC3CCC2C3)c(C(F)(F)F)c1. The molecule has 2 aliphatic carbocycles. The normalized spacial score (nSPS) is 29.1. The second-order valence-corrected chi connectivity index (χ2v) is 5.96. The minimum atomic E-state index is -4.51. The van der Waals surface area contributed by atoms with E-state index in [0.29, 0.717) is 18.0 Å². The maximum atomic E-state index is 13.0. The van der Waals surface area contributed by atoms with Crippen molar-refractivity contribution in [2.45, 2.75) is 44.4 Å². The zero-order valence-corrected chi connectivity index (χ0v) is 11.0. The first-order valence-electron chi connectivity index (χ1n) is 7.02. The number of rotatable bonds is 3. The highest BCUT2D eigenvalue weighted by molar-refractivity contribution is 5.30. The average Bonchev–Trinajstić information content (AvgIpc) is 2.98. The molecule has 2 saturated carbocycles. The van der Waals surface area contributed by atoms with Gasteiger partial charge >= 0.3 is 6.18 Å². The lowest BCUT2D eigenvalue weighted by Gasteiger charge is -2.24. The molecule has 1 nitrogen and oxygen atoms in total. The Bertz CT molecular complexity index is 497. The third-order valence-electron chi connectivity index (χ3n) is 4.67. The van der Waals surface area contributed by atoms with E-state index in [9.17, 15) is 17.6 Å². The van der Waals surface area contributed by atoms with E-state index in [0.717, 1.165) is 18.4 Å². The Morgan fingerprint density at radius 3 is 2.55 bits per heavy atom. The van der Waals surface area contributed by atoms with Gasteiger partial charge < -0.3 is 5.32 Å². The molecule has 0 aliphatic heterocycles. The van der Waals surface area contributed by atoms with E-state index in [1.165, 1.54) is 25.3 Å². The standard InChI is InChI=1S/C15H17F4N/c16-12-4-3-11(13(7-12)15(17,18)19)8-20-14-6-9-1-2-10(14)5-9/h3-4,7,9-10,14,20H,1-2,5-6,8H2. The number of alkyl halides is 3. The lowest BCUT2D eigenvalue weighted by Crippen LogP contribution is -2.34. The van der Waals surface area contributed by atoms with Crippen LogP contribution in [-0.2, 0) is 12.7 Å². The summed E-state index contributed by atoms with van der Waals surface area (Å²) in [5, 5.41) is 3.24. The van der Waals surface area contributed by atoms with Crippen molar-refractivity contribution in [2.75, 3.05) is 0 Å². The zero-order valence-electron chi connectivity index (χ0n) is 11.0. The summed E-state index contributed by atoms with van der Waals surface area (Å²) >= 11 is 0. The highest BCUT2D eigenvalue weighted by atomic mass is 19.4. The summed E-state index contributed by atoms with van der Waals surface area (Å²) in [4.78, 5) is 0. The van der Waals surface area contributed by atoms with Gasteiger partial charge in [-0.1, -0.05) is 12.5 Å². The van der Waals surface area contributed by atoms with Crippen molar-refractivity contribution in [1.29, 1.82) is 0 Å². The van der Waals surface area contributed by atoms with Crippen molar-refractivity contribution in [2.24, 2.45) is 11.8 Å². The van der Waals surface area contributed by atoms with E-state index in [-0.39, 0.29) is 12.1 Å². The fraction of sp³-hybridized carbons (Fsp3) is 0.600. The molecule has 3 atom stereocenters. The third-order valence-corrected chi connectivity index (χ3v) is 4.67. The Morgan fingerprint density at radius 2 is 1.95 bits per heavy atom. The van der Waals surface area contributed by atoms with Crippen molar-refractivity contribution < 1.29 is 17.6 Å². The number of fused-ring (bicyclic) bond motifs is 2. The van der Waals surface area contributed by atoms with Gasteiger partial charge in [0.15, 0.2) is 0 Å². The molecule has 5 heteroatoms. The zero-order chi connectivity index (χ0) is 14.3. The second kappa shape index (κ2) is 5.02. The molecule has 0 spiro atoms. The quantitative estimate of drug-likeness (QED) is 0.824. The molecular weight excluding hydrogens is 270 g/mol. The molecular formula is C15H17F4N. The first-order chi connectivity index (χ1) is 9.43. The van der Waals surface area contributed by atoms with Gasteiger partial charge in [-0.15, -0.1) is 0 Å². The molecule has 2 aliphatic rings. The Balaban J connectivity index is 1.71. The molecule has 0 heterocycles. The van der Waals surface area contributed by atoms with Gasteiger partial charge in [-0.25, -0.2) is 4.39 Å². The van der Waals surface area contributed by atoms with Crippen LogP contribution < -0.4 is 5.32 Å². The van der Waals surface area contributed by atoms with Gasteiger partial charge in [-0.2, -0.15) is 13.2 Å². The summed E-state index contributed by atoms with van der Waals surface area (Å²) in [7, 11) is 0. The Kier molecular flexibility index (Phi) is 3.48. The molecule has 20 heavy (non-hydrogen) atoms. The van der Waals surface area contributed by atoms with Gasteiger partial charge in [-0.3, -0.25) is 0 Å². The lowest BCUT2D eigenvalue weighted by molar-refractivity contribution is -0.138. The summed E-state index contributed by atoms with van der Waals surface area (Å²) in [6.07, 6.45) is 0.194. The number of hydrogen-bond acceptors (Lipinski definition) is 1. The van der Waals surface area contributed by atoms with Crippen molar-refractivity contribution in [3.05, 3.63) is 35.1 Å². The summed E-state index contributed by atoms with van der Waals surface area (Å²) in [6, 6.07) is 3.23. The Hall–Kier alpha value is -1.10. The number of halogens is 4. The fourth-order valence-electron chi connectivity index (χ4n) is 3.70. The van der Waals surface area contributed by atoms with Crippen LogP contribution in [0.15, 0.2) is 18.2 Å².